The molecule has 2 heterocycles. The van der Waals surface area contributed by atoms with E-state index in [1.165, 1.54) is 0 Å². The highest BCUT2D eigenvalue weighted by Crippen LogP contribution is 2.18. The number of fused-ring (bicyclic) bond motifs is 1. The zero-order chi connectivity index (χ0) is 10.1. The van der Waals surface area contributed by atoms with Crippen molar-refractivity contribution in [1.29, 1.82) is 0 Å². The molecule has 0 radical (unpaired) electrons. The van der Waals surface area contributed by atoms with Crippen molar-refractivity contribution in [3.63, 3.8) is 0 Å². The second-order valence-corrected chi connectivity index (χ2v) is 3.70. The molecule has 1 aromatic rings. The monoisotopic (exact) mass is 188 g/mol. The van der Waals surface area contributed by atoms with E-state index in [1.54, 1.807) is 18.5 Å². The number of Topliss-reactive ketones (excluding diaryl/α,β-unsaturated/α-hetero) is 1. The molecule has 0 saturated carbocycles. The molecular formula is C11H12N2O. The molecule has 3 nitrogen and oxygen atoms in total. The summed E-state index contributed by atoms with van der Waals surface area (Å²) in [5.74, 6) is 0.429. The second-order valence-electron chi connectivity index (χ2n) is 3.70. The second kappa shape index (κ2) is 3.33. The van der Waals surface area contributed by atoms with Crippen LogP contribution in [-0.2, 0) is 0 Å². The minimum Gasteiger partial charge on any atom is -0.292 e. The van der Waals surface area contributed by atoms with Gasteiger partial charge in [0.2, 0.25) is 0 Å². The molecule has 0 unspecified atom stereocenters. The van der Waals surface area contributed by atoms with Gasteiger partial charge in [0.15, 0.2) is 5.78 Å². The lowest BCUT2D eigenvalue weighted by Crippen LogP contribution is -2.22. The third-order valence-electron chi connectivity index (χ3n) is 2.34. The first-order valence-corrected chi connectivity index (χ1v) is 4.72. The number of hydrogen-bond donors (Lipinski definition) is 0. The zero-order valence-corrected chi connectivity index (χ0v) is 8.32. The molecule has 2 rings (SSSR count). The van der Waals surface area contributed by atoms with Gasteiger partial charge in [0.05, 0.1) is 0 Å². The Morgan fingerprint density at radius 1 is 1.36 bits per heavy atom. The predicted octanol–water partition coefficient (Wildman–Crippen LogP) is 1.72. The molecule has 0 fully saturated rings. The molecule has 0 atom stereocenters. The summed E-state index contributed by atoms with van der Waals surface area (Å²) in [6.07, 6.45) is 3.38. The molecular weight excluding hydrogens is 176 g/mol. The van der Waals surface area contributed by atoms with E-state index in [-0.39, 0.29) is 12.3 Å². The zero-order valence-electron chi connectivity index (χ0n) is 8.32. The SMILES string of the molecule is CC(C)C1=NCC(=O)c2ccncc21. The molecule has 3 heteroatoms. The fraction of sp³-hybridized carbons (Fsp3) is 0.364. The number of hydrogen-bond acceptors (Lipinski definition) is 3. The van der Waals surface area contributed by atoms with Crippen LogP contribution < -0.4 is 0 Å². The molecule has 0 amide bonds. The minimum atomic E-state index is 0.0896. The molecule has 0 aromatic carbocycles. The molecule has 0 N–H and O–H groups in total. The van der Waals surface area contributed by atoms with Crippen LogP contribution in [0.4, 0.5) is 0 Å². The maximum Gasteiger partial charge on any atom is 0.184 e. The highest BCUT2D eigenvalue weighted by Gasteiger charge is 2.21. The van der Waals surface area contributed by atoms with Gasteiger partial charge in [-0.15, -0.1) is 0 Å². The number of aliphatic imine (C=N–C) groups is 1. The lowest BCUT2D eigenvalue weighted by atomic mass is 9.93. The van der Waals surface area contributed by atoms with Crippen molar-refractivity contribution in [2.75, 3.05) is 6.54 Å². The van der Waals surface area contributed by atoms with E-state index < -0.39 is 0 Å². The fourth-order valence-electron chi connectivity index (χ4n) is 1.66. The Balaban J connectivity index is 2.57. The third-order valence-corrected chi connectivity index (χ3v) is 2.34. The molecule has 1 aliphatic rings. The number of carbonyl (C=O) groups excluding carboxylic acids is 1. The number of nitrogens with zero attached hydrogens (tertiary/aromatic N) is 2. The van der Waals surface area contributed by atoms with E-state index in [1.807, 2.05) is 0 Å². The number of aromatic nitrogens is 1. The van der Waals surface area contributed by atoms with Gasteiger partial charge in [0.25, 0.3) is 0 Å². The molecule has 0 aliphatic carbocycles. The maximum absolute atomic E-state index is 11.5. The van der Waals surface area contributed by atoms with Crippen molar-refractivity contribution < 1.29 is 4.79 Å². The van der Waals surface area contributed by atoms with Gasteiger partial charge in [-0.3, -0.25) is 14.8 Å². The van der Waals surface area contributed by atoms with Crippen LogP contribution >= 0.6 is 0 Å². The molecule has 1 aromatic heterocycles. The van der Waals surface area contributed by atoms with E-state index in [9.17, 15) is 4.79 Å². The van der Waals surface area contributed by atoms with E-state index in [0.29, 0.717) is 5.92 Å². The van der Waals surface area contributed by atoms with E-state index >= 15 is 0 Å². The first-order chi connectivity index (χ1) is 6.70. The highest BCUT2D eigenvalue weighted by atomic mass is 16.1. The molecule has 14 heavy (non-hydrogen) atoms. The summed E-state index contributed by atoms with van der Waals surface area (Å²) < 4.78 is 0. The van der Waals surface area contributed by atoms with Crippen LogP contribution in [0.1, 0.15) is 29.8 Å². The molecule has 1 aliphatic heterocycles. The van der Waals surface area contributed by atoms with Gasteiger partial charge in [-0.2, -0.15) is 0 Å². The summed E-state index contributed by atoms with van der Waals surface area (Å²) in [5.41, 5.74) is 2.66. The van der Waals surface area contributed by atoms with Crippen molar-refractivity contribution in [2.45, 2.75) is 13.8 Å². The van der Waals surface area contributed by atoms with Gasteiger partial charge in [0.1, 0.15) is 6.54 Å². The summed E-state index contributed by atoms with van der Waals surface area (Å²) in [5, 5.41) is 0. The number of pyridine rings is 1. The van der Waals surface area contributed by atoms with Crippen molar-refractivity contribution in [2.24, 2.45) is 10.9 Å². The smallest absolute Gasteiger partial charge is 0.184 e. The number of ketones is 1. The first kappa shape index (κ1) is 9.06. The topological polar surface area (TPSA) is 42.3 Å². The largest absolute Gasteiger partial charge is 0.292 e. The van der Waals surface area contributed by atoms with Crippen LogP contribution in [0, 0.1) is 5.92 Å². The molecule has 72 valence electrons. The normalized spacial score (nSPS) is 15.4. The van der Waals surface area contributed by atoms with Crippen molar-refractivity contribution in [3.8, 4) is 0 Å². The lowest BCUT2D eigenvalue weighted by Gasteiger charge is -2.17. The Morgan fingerprint density at radius 3 is 2.86 bits per heavy atom. The van der Waals surface area contributed by atoms with Crippen molar-refractivity contribution in [3.05, 3.63) is 29.6 Å². The summed E-state index contributed by atoms with van der Waals surface area (Å²) in [4.78, 5) is 19.8. The summed E-state index contributed by atoms with van der Waals surface area (Å²) in [6.45, 7) is 4.43. The van der Waals surface area contributed by atoms with Gasteiger partial charge in [-0.05, 0) is 12.0 Å². The summed E-state index contributed by atoms with van der Waals surface area (Å²) in [6, 6.07) is 1.77. The average molecular weight is 188 g/mol. The van der Waals surface area contributed by atoms with Gasteiger partial charge in [-0.1, -0.05) is 13.8 Å². The summed E-state index contributed by atoms with van der Waals surface area (Å²) >= 11 is 0. The standard InChI is InChI=1S/C11H12N2O/c1-7(2)11-9-5-12-4-3-8(9)10(14)6-13-11/h3-5,7H,6H2,1-2H3. The van der Waals surface area contributed by atoms with Crippen LogP contribution in [0.3, 0.4) is 0 Å². The minimum absolute atomic E-state index is 0.0896. The highest BCUT2D eigenvalue weighted by molar-refractivity contribution is 6.15. The van der Waals surface area contributed by atoms with Crippen LogP contribution in [0.2, 0.25) is 0 Å². The average Bonchev–Trinajstić information content (AvgIpc) is 2.18. The van der Waals surface area contributed by atoms with Gasteiger partial charge in [-0.25, -0.2) is 0 Å². The third kappa shape index (κ3) is 1.35. The van der Waals surface area contributed by atoms with Crippen molar-refractivity contribution in [1.82, 2.24) is 4.98 Å². The Morgan fingerprint density at radius 2 is 2.14 bits per heavy atom. The lowest BCUT2D eigenvalue weighted by molar-refractivity contribution is 0.1000. The molecule has 0 spiro atoms. The molecule has 0 bridgehead atoms. The fourth-order valence-corrected chi connectivity index (χ4v) is 1.66. The first-order valence-electron chi connectivity index (χ1n) is 4.72. The quantitative estimate of drug-likeness (QED) is 0.673. The van der Waals surface area contributed by atoms with E-state index in [2.05, 4.69) is 23.8 Å². The number of rotatable bonds is 1. The van der Waals surface area contributed by atoms with E-state index in [4.69, 9.17) is 0 Å². The van der Waals surface area contributed by atoms with Gasteiger partial charge >= 0.3 is 0 Å². The van der Waals surface area contributed by atoms with Crippen molar-refractivity contribution >= 4 is 11.5 Å². The predicted molar refractivity (Wildman–Crippen MR) is 54.8 cm³/mol. The van der Waals surface area contributed by atoms with Crippen LogP contribution in [0.5, 0.6) is 0 Å². The summed E-state index contributed by atoms with van der Waals surface area (Å²) in [7, 11) is 0. The van der Waals surface area contributed by atoms with Gasteiger partial charge in [0, 0.05) is 29.2 Å². The van der Waals surface area contributed by atoms with Crippen LogP contribution in [0.25, 0.3) is 0 Å². The number of carbonyl (C=O) groups is 1. The Hall–Kier alpha value is -1.51. The van der Waals surface area contributed by atoms with Crippen LogP contribution in [-0.4, -0.2) is 23.0 Å². The van der Waals surface area contributed by atoms with Gasteiger partial charge < -0.3 is 0 Å². The Kier molecular flexibility index (Phi) is 2.15. The van der Waals surface area contributed by atoms with Crippen LogP contribution in [0.15, 0.2) is 23.5 Å². The van der Waals surface area contributed by atoms with E-state index in [0.717, 1.165) is 16.8 Å². The Labute approximate surface area is 82.9 Å². The molecule has 0 saturated heterocycles. The maximum atomic E-state index is 11.5. The Bertz CT molecular complexity index is 408.